The highest BCUT2D eigenvalue weighted by molar-refractivity contribution is 5.82. The third-order valence-corrected chi connectivity index (χ3v) is 5.75. The van der Waals surface area contributed by atoms with Crippen molar-refractivity contribution in [3.8, 4) is 0 Å². The Morgan fingerprint density at radius 1 is 1.25 bits per heavy atom. The van der Waals surface area contributed by atoms with Gasteiger partial charge in [-0.2, -0.15) is 10.2 Å². The number of ether oxygens (including phenoxy) is 1. The van der Waals surface area contributed by atoms with Crippen LogP contribution in [0.5, 0.6) is 0 Å². The second-order valence-corrected chi connectivity index (χ2v) is 6.68. The third kappa shape index (κ3) is 1.57. The molecule has 4 aliphatic rings. The summed E-state index contributed by atoms with van der Waals surface area (Å²) in [5.41, 5.74) is 1.94. The molecule has 0 amide bonds. The predicted molar refractivity (Wildman–Crippen MR) is 74.2 cm³/mol. The molecule has 4 nitrogen and oxygen atoms in total. The van der Waals surface area contributed by atoms with Crippen LogP contribution < -0.4 is 0 Å². The maximum absolute atomic E-state index is 11.3. The highest BCUT2D eigenvalue weighted by Gasteiger charge is 2.67. The summed E-state index contributed by atoms with van der Waals surface area (Å²) in [4.78, 5) is 11.3. The van der Waals surface area contributed by atoms with Crippen molar-refractivity contribution in [1.82, 2.24) is 0 Å². The van der Waals surface area contributed by atoms with Gasteiger partial charge in [0.25, 0.3) is 0 Å². The number of carbonyl (C=O) groups is 1. The Morgan fingerprint density at radius 2 is 1.95 bits per heavy atom. The first-order chi connectivity index (χ1) is 9.68. The van der Waals surface area contributed by atoms with Crippen LogP contribution in [0.25, 0.3) is 0 Å². The molecule has 0 radical (unpaired) electrons. The minimum Gasteiger partial charge on any atom is -0.466 e. The Bertz CT molecular complexity index is 535. The van der Waals surface area contributed by atoms with E-state index < -0.39 is 0 Å². The van der Waals surface area contributed by atoms with Crippen molar-refractivity contribution in [2.75, 3.05) is 7.11 Å². The number of hydrogen-bond donors (Lipinski definition) is 0. The second kappa shape index (κ2) is 4.03. The number of nitrogens with zero attached hydrogens (tertiary/aromatic N) is 2. The van der Waals surface area contributed by atoms with Gasteiger partial charge in [0.2, 0.25) is 0 Å². The average Bonchev–Trinajstić information content (AvgIpc) is 2.82. The molecule has 0 aromatic carbocycles. The van der Waals surface area contributed by atoms with Crippen LogP contribution >= 0.6 is 0 Å². The van der Waals surface area contributed by atoms with Crippen LogP contribution in [-0.4, -0.2) is 25.2 Å². The monoisotopic (exact) mass is 272 g/mol. The number of methoxy groups -OCH3 is 1. The molecule has 4 atom stereocenters. The zero-order valence-electron chi connectivity index (χ0n) is 11.8. The van der Waals surface area contributed by atoms with Gasteiger partial charge in [-0.25, -0.2) is 4.79 Å². The van der Waals surface area contributed by atoms with Crippen LogP contribution in [0.2, 0.25) is 0 Å². The number of azo groups is 1. The molecule has 106 valence electrons. The molecular formula is C16H20N2O2. The lowest BCUT2D eigenvalue weighted by atomic mass is 9.91. The van der Waals surface area contributed by atoms with Gasteiger partial charge < -0.3 is 4.74 Å². The number of hydrogen-bond acceptors (Lipinski definition) is 4. The van der Waals surface area contributed by atoms with E-state index in [9.17, 15) is 4.79 Å². The van der Waals surface area contributed by atoms with Crippen LogP contribution in [-0.2, 0) is 9.53 Å². The summed E-state index contributed by atoms with van der Waals surface area (Å²) in [5.74, 6) is -0.245. The highest BCUT2D eigenvalue weighted by Crippen LogP contribution is 2.75. The summed E-state index contributed by atoms with van der Waals surface area (Å²) in [6.07, 6.45) is 13.4. The zero-order chi connectivity index (χ0) is 13.8. The van der Waals surface area contributed by atoms with Gasteiger partial charge in [0.1, 0.15) is 0 Å². The fourth-order valence-corrected chi connectivity index (χ4v) is 4.58. The van der Waals surface area contributed by atoms with Crippen molar-refractivity contribution in [3.05, 3.63) is 23.8 Å². The standard InChI is InChI=1S/C16H20N2O2/c1-20-14(19)5-8-15-6-2-7-16(15,10-15)9-11-12-3-4-13(11)18-17-12/h5,8-9,12-13H,2-4,6-7,10H2,1H3/b8-5+,11-9?/t12-,13+,15-,16+/m0/s1. The highest BCUT2D eigenvalue weighted by atomic mass is 16.5. The molecule has 4 heteroatoms. The quantitative estimate of drug-likeness (QED) is 0.450. The van der Waals surface area contributed by atoms with Gasteiger partial charge in [0.05, 0.1) is 19.2 Å². The van der Waals surface area contributed by atoms with Crippen molar-refractivity contribution < 1.29 is 9.53 Å². The molecule has 0 unspecified atom stereocenters. The molecule has 3 saturated carbocycles. The molecule has 2 bridgehead atoms. The lowest BCUT2D eigenvalue weighted by molar-refractivity contribution is -0.134. The fraction of sp³-hybridized carbons (Fsp3) is 0.688. The van der Waals surface area contributed by atoms with Crippen LogP contribution in [0.4, 0.5) is 0 Å². The number of esters is 1. The first-order valence-electron chi connectivity index (χ1n) is 7.58. The van der Waals surface area contributed by atoms with Gasteiger partial charge in [-0.05, 0) is 48.5 Å². The van der Waals surface area contributed by atoms with Gasteiger partial charge >= 0.3 is 5.97 Å². The van der Waals surface area contributed by atoms with Gasteiger partial charge in [0.15, 0.2) is 0 Å². The van der Waals surface area contributed by atoms with Crippen LogP contribution in [0.15, 0.2) is 34.0 Å². The molecular weight excluding hydrogens is 252 g/mol. The predicted octanol–water partition coefficient (Wildman–Crippen LogP) is 3.20. The molecule has 20 heavy (non-hydrogen) atoms. The van der Waals surface area contributed by atoms with Crippen molar-refractivity contribution in [3.63, 3.8) is 0 Å². The Labute approximate surface area is 119 Å². The van der Waals surface area contributed by atoms with Crippen LogP contribution in [0, 0.1) is 10.8 Å². The summed E-state index contributed by atoms with van der Waals surface area (Å²) < 4.78 is 4.71. The van der Waals surface area contributed by atoms with Gasteiger partial charge in [0, 0.05) is 6.08 Å². The normalized spacial score (nSPS) is 46.4. The topological polar surface area (TPSA) is 51.0 Å². The minimum atomic E-state index is -0.245. The smallest absolute Gasteiger partial charge is 0.330 e. The lowest BCUT2D eigenvalue weighted by Gasteiger charge is -2.13. The summed E-state index contributed by atoms with van der Waals surface area (Å²) in [6.45, 7) is 0. The van der Waals surface area contributed by atoms with Crippen molar-refractivity contribution >= 4 is 5.97 Å². The molecule has 0 spiro atoms. The first kappa shape index (κ1) is 12.3. The van der Waals surface area contributed by atoms with E-state index in [1.807, 2.05) is 0 Å². The maximum atomic E-state index is 11.3. The van der Waals surface area contributed by atoms with E-state index in [-0.39, 0.29) is 16.8 Å². The van der Waals surface area contributed by atoms with E-state index >= 15 is 0 Å². The number of fused-ring (bicyclic) bond motifs is 3. The van der Waals surface area contributed by atoms with Crippen molar-refractivity contribution in [1.29, 1.82) is 0 Å². The molecule has 0 saturated heterocycles. The average molecular weight is 272 g/mol. The molecule has 3 fully saturated rings. The summed E-state index contributed by atoms with van der Waals surface area (Å²) in [7, 11) is 1.43. The Kier molecular flexibility index (Phi) is 2.48. The number of rotatable bonds is 3. The van der Waals surface area contributed by atoms with Crippen molar-refractivity contribution in [2.45, 2.75) is 50.6 Å². The molecule has 0 aromatic heterocycles. The second-order valence-electron chi connectivity index (χ2n) is 6.68. The van der Waals surface area contributed by atoms with Crippen LogP contribution in [0.3, 0.4) is 0 Å². The number of allylic oxidation sites excluding steroid dienone is 2. The largest absolute Gasteiger partial charge is 0.466 e. The third-order valence-electron chi connectivity index (χ3n) is 5.75. The van der Waals surface area contributed by atoms with Gasteiger partial charge in [-0.15, -0.1) is 0 Å². The zero-order valence-corrected chi connectivity index (χ0v) is 11.8. The SMILES string of the molecule is COC(=O)/C=C/[C@]12CCC[C@@]1(C=C1[C@@H]3CC[C@H]1N=N3)C2. The van der Waals surface area contributed by atoms with Crippen LogP contribution in [0.1, 0.15) is 38.5 Å². The Hall–Kier alpha value is -1.45. The summed E-state index contributed by atoms with van der Waals surface area (Å²) in [6, 6.07) is 0.718. The molecule has 0 N–H and O–H groups in total. The van der Waals surface area contributed by atoms with E-state index in [0.29, 0.717) is 12.1 Å². The van der Waals surface area contributed by atoms with Crippen molar-refractivity contribution in [2.24, 2.45) is 21.1 Å². The van der Waals surface area contributed by atoms with E-state index in [1.165, 1.54) is 51.2 Å². The Balaban J connectivity index is 1.59. The summed E-state index contributed by atoms with van der Waals surface area (Å²) >= 11 is 0. The van der Waals surface area contributed by atoms with E-state index in [1.54, 1.807) is 6.08 Å². The molecule has 1 aliphatic heterocycles. The first-order valence-corrected chi connectivity index (χ1v) is 7.58. The maximum Gasteiger partial charge on any atom is 0.330 e. The lowest BCUT2D eigenvalue weighted by Crippen LogP contribution is -2.08. The molecule has 4 rings (SSSR count). The van der Waals surface area contributed by atoms with E-state index in [2.05, 4.69) is 22.4 Å². The Morgan fingerprint density at radius 3 is 2.60 bits per heavy atom. The summed E-state index contributed by atoms with van der Waals surface area (Å²) in [5, 5.41) is 8.70. The fourth-order valence-electron chi connectivity index (χ4n) is 4.58. The number of carbonyl (C=O) groups excluding carboxylic acids is 1. The molecule has 3 aliphatic carbocycles. The van der Waals surface area contributed by atoms with Gasteiger partial charge in [-0.3, -0.25) is 0 Å². The minimum absolute atomic E-state index is 0.205. The van der Waals surface area contributed by atoms with E-state index in [4.69, 9.17) is 4.74 Å². The van der Waals surface area contributed by atoms with E-state index in [0.717, 1.165) is 0 Å². The molecule has 1 heterocycles. The van der Waals surface area contributed by atoms with Gasteiger partial charge in [-0.1, -0.05) is 18.6 Å². The molecule has 0 aromatic rings.